The molecule has 28 heavy (non-hydrogen) atoms. The minimum atomic E-state index is -1.63. The van der Waals surface area contributed by atoms with Crippen molar-refractivity contribution in [1.29, 1.82) is 0 Å². The monoisotopic (exact) mass is 632 g/mol. The molecule has 0 aliphatic rings. The van der Waals surface area contributed by atoms with E-state index in [1.54, 1.807) is 0 Å². The van der Waals surface area contributed by atoms with Crippen LogP contribution in [0.5, 0.6) is 0 Å². The molecule has 0 aliphatic heterocycles. The zero-order valence-corrected chi connectivity index (χ0v) is 20.9. The van der Waals surface area contributed by atoms with Crippen molar-refractivity contribution in [1.82, 2.24) is 0 Å². The zero-order valence-electron chi connectivity index (χ0n) is 15.1. The third-order valence-electron chi connectivity index (χ3n) is 3.70. The summed E-state index contributed by atoms with van der Waals surface area (Å²) < 4.78 is 5.18. The molecule has 0 unspecified atom stereocenters. The van der Waals surface area contributed by atoms with Gasteiger partial charge < -0.3 is 0 Å². The van der Waals surface area contributed by atoms with E-state index < -0.39 is 37.4 Å². The number of benzene rings is 4. The Morgan fingerprint density at radius 2 is 0.500 bits per heavy atom. The van der Waals surface area contributed by atoms with Crippen LogP contribution < -0.4 is 0 Å². The summed E-state index contributed by atoms with van der Waals surface area (Å²) in [4.78, 5) is 0. The van der Waals surface area contributed by atoms with Crippen molar-refractivity contribution >= 4 is 55.2 Å². The van der Waals surface area contributed by atoms with Gasteiger partial charge in [-0.1, -0.05) is 0 Å². The van der Waals surface area contributed by atoms with Crippen LogP contribution in [0, 0.1) is 14.3 Å². The van der Waals surface area contributed by atoms with Gasteiger partial charge in [0.1, 0.15) is 0 Å². The van der Waals surface area contributed by atoms with Gasteiger partial charge in [0.2, 0.25) is 0 Å². The van der Waals surface area contributed by atoms with Crippen LogP contribution in [0.3, 0.4) is 0 Å². The first-order valence-corrected chi connectivity index (χ1v) is 18.5. The molecular formula is C24H20Cl2I2. The van der Waals surface area contributed by atoms with Crippen molar-refractivity contribution in [3.05, 3.63) is 136 Å². The van der Waals surface area contributed by atoms with E-state index in [9.17, 15) is 0 Å². The summed E-state index contributed by atoms with van der Waals surface area (Å²) in [6.07, 6.45) is 0. The quantitative estimate of drug-likeness (QED) is 0.197. The normalized spacial score (nSPS) is 11.1. The molecule has 0 spiro atoms. The fourth-order valence-corrected chi connectivity index (χ4v) is 10.5. The van der Waals surface area contributed by atoms with Gasteiger partial charge in [0.25, 0.3) is 0 Å². The molecule has 144 valence electrons. The van der Waals surface area contributed by atoms with Crippen LogP contribution in [-0.4, -0.2) is 0 Å². The SMILES string of the molecule is ClI(c1ccccc1)c1ccccc1.ClI(c1ccccc1)c1ccccc1. The van der Waals surface area contributed by atoms with Gasteiger partial charge in [0.15, 0.2) is 0 Å². The summed E-state index contributed by atoms with van der Waals surface area (Å²) >= 11 is -3.25. The molecule has 0 nitrogen and oxygen atoms in total. The first-order chi connectivity index (χ1) is 13.8. The van der Waals surface area contributed by atoms with Crippen molar-refractivity contribution in [3.8, 4) is 0 Å². The van der Waals surface area contributed by atoms with Crippen molar-refractivity contribution < 1.29 is 0 Å². The molecule has 0 heterocycles. The molecule has 0 saturated carbocycles. The number of hydrogen-bond donors (Lipinski definition) is 0. The van der Waals surface area contributed by atoms with E-state index in [2.05, 4.69) is 48.5 Å². The van der Waals surface area contributed by atoms with Crippen LogP contribution in [0.4, 0.5) is 0 Å². The maximum absolute atomic E-state index is 6.49. The fraction of sp³-hybridized carbons (Fsp3) is 0. The first kappa shape index (κ1) is 21.6. The van der Waals surface area contributed by atoms with E-state index in [1.807, 2.05) is 72.8 Å². The Morgan fingerprint density at radius 3 is 0.679 bits per heavy atom. The third kappa shape index (κ3) is 6.48. The Bertz CT molecular complexity index is 773. The fourth-order valence-electron chi connectivity index (χ4n) is 2.35. The summed E-state index contributed by atoms with van der Waals surface area (Å²) in [5.41, 5.74) is 0. The molecule has 4 aromatic carbocycles. The third-order valence-corrected chi connectivity index (χ3v) is 15.4. The second-order valence-corrected chi connectivity index (χ2v) is 17.2. The van der Waals surface area contributed by atoms with Crippen LogP contribution in [0.2, 0.25) is 0 Å². The van der Waals surface area contributed by atoms with E-state index in [-0.39, 0.29) is 0 Å². The van der Waals surface area contributed by atoms with Crippen LogP contribution in [-0.2, 0) is 0 Å². The van der Waals surface area contributed by atoms with E-state index in [1.165, 1.54) is 14.3 Å². The van der Waals surface area contributed by atoms with E-state index in [0.717, 1.165) is 0 Å². The van der Waals surface area contributed by atoms with Gasteiger partial charge in [-0.25, -0.2) is 0 Å². The molecular weight excluding hydrogens is 613 g/mol. The Labute approximate surface area is 189 Å². The van der Waals surface area contributed by atoms with E-state index in [4.69, 9.17) is 17.8 Å². The van der Waals surface area contributed by atoms with Crippen molar-refractivity contribution in [2.75, 3.05) is 0 Å². The average Bonchev–Trinajstić information content (AvgIpc) is 2.81. The summed E-state index contributed by atoms with van der Waals surface area (Å²) in [6.45, 7) is 0. The predicted molar refractivity (Wildman–Crippen MR) is 140 cm³/mol. The summed E-state index contributed by atoms with van der Waals surface area (Å²) in [7, 11) is 13.0. The molecule has 4 aromatic rings. The van der Waals surface area contributed by atoms with Gasteiger partial charge in [-0.3, -0.25) is 0 Å². The van der Waals surface area contributed by atoms with Gasteiger partial charge in [-0.05, 0) is 0 Å². The Kier molecular flexibility index (Phi) is 9.12. The second-order valence-electron chi connectivity index (χ2n) is 5.66. The number of hydrogen-bond acceptors (Lipinski definition) is 0. The molecule has 4 heteroatoms. The molecule has 0 aromatic heterocycles. The van der Waals surface area contributed by atoms with Crippen LogP contribution >= 0.6 is 55.2 Å². The standard InChI is InChI=1S/2C12H10ClI/c2*13-14(11-7-3-1-4-8-11)12-9-5-2-6-10-12/h2*1-10H. The van der Waals surface area contributed by atoms with Gasteiger partial charge in [-0.2, -0.15) is 0 Å². The Hall–Kier alpha value is -1.08. The molecule has 0 fully saturated rings. The van der Waals surface area contributed by atoms with E-state index >= 15 is 0 Å². The molecule has 0 saturated heterocycles. The van der Waals surface area contributed by atoms with Gasteiger partial charge in [0.05, 0.1) is 0 Å². The van der Waals surface area contributed by atoms with Crippen LogP contribution in [0.25, 0.3) is 0 Å². The van der Waals surface area contributed by atoms with E-state index in [0.29, 0.717) is 0 Å². The second kappa shape index (κ2) is 11.8. The van der Waals surface area contributed by atoms with Crippen molar-refractivity contribution in [2.24, 2.45) is 0 Å². The molecule has 4 rings (SSSR count). The zero-order chi connectivity index (χ0) is 19.6. The molecule has 0 atom stereocenters. The van der Waals surface area contributed by atoms with Crippen molar-refractivity contribution in [3.63, 3.8) is 0 Å². The number of halogens is 4. The minimum absolute atomic E-state index is 1.30. The molecule has 0 bridgehead atoms. The Balaban J connectivity index is 0.000000161. The first-order valence-electron chi connectivity index (χ1n) is 8.68. The van der Waals surface area contributed by atoms with Crippen LogP contribution in [0.15, 0.2) is 121 Å². The summed E-state index contributed by atoms with van der Waals surface area (Å²) in [5, 5.41) is 0. The van der Waals surface area contributed by atoms with Gasteiger partial charge in [0, 0.05) is 0 Å². The molecule has 0 amide bonds. The summed E-state index contributed by atoms with van der Waals surface area (Å²) in [5.74, 6) is 0. The average molecular weight is 633 g/mol. The maximum atomic E-state index is 6.49. The predicted octanol–water partition coefficient (Wildman–Crippen LogP) is 8.77. The van der Waals surface area contributed by atoms with Gasteiger partial charge in [-0.15, -0.1) is 0 Å². The Morgan fingerprint density at radius 1 is 0.321 bits per heavy atom. The van der Waals surface area contributed by atoms with Crippen LogP contribution in [0.1, 0.15) is 0 Å². The number of rotatable bonds is 4. The van der Waals surface area contributed by atoms with Crippen molar-refractivity contribution in [2.45, 2.75) is 0 Å². The summed E-state index contributed by atoms with van der Waals surface area (Å²) in [6, 6.07) is 41.4. The molecule has 0 radical (unpaired) electrons. The topological polar surface area (TPSA) is 0 Å². The molecule has 0 N–H and O–H groups in total. The molecule has 0 aliphatic carbocycles. The van der Waals surface area contributed by atoms with Gasteiger partial charge >= 0.3 is 191 Å².